The van der Waals surface area contributed by atoms with Gasteiger partial charge in [-0.3, -0.25) is 19.7 Å². The first-order valence-corrected chi connectivity index (χ1v) is 9.98. The number of imide groups is 1. The molecular formula is C23H25N3O3. The first kappa shape index (κ1) is 19.2. The highest BCUT2D eigenvalue weighted by Gasteiger charge is 2.39. The van der Waals surface area contributed by atoms with Gasteiger partial charge in [-0.25, -0.2) is 0 Å². The van der Waals surface area contributed by atoms with Crippen LogP contribution in [0.3, 0.4) is 0 Å². The molecule has 150 valence electrons. The Morgan fingerprint density at radius 3 is 2.83 bits per heavy atom. The van der Waals surface area contributed by atoms with Crippen LogP contribution in [0.4, 0.5) is 0 Å². The molecule has 0 aromatic heterocycles. The van der Waals surface area contributed by atoms with E-state index in [1.165, 1.54) is 11.3 Å². The second-order valence-corrected chi connectivity index (χ2v) is 7.77. The lowest BCUT2D eigenvalue weighted by Crippen LogP contribution is -2.52. The maximum absolute atomic E-state index is 12.8. The van der Waals surface area contributed by atoms with Gasteiger partial charge in [-0.2, -0.15) is 0 Å². The van der Waals surface area contributed by atoms with Gasteiger partial charge in [0, 0.05) is 37.3 Å². The topological polar surface area (TPSA) is 69.7 Å². The summed E-state index contributed by atoms with van der Waals surface area (Å²) in [6.45, 7) is 8.04. The monoisotopic (exact) mass is 391 g/mol. The van der Waals surface area contributed by atoms with Crippen molar-refractivity contribution in [3.63, 3.8) is 0 Å². The van der Waals surface area contributed by atoms with Gasteiger partial charge in [0.25, 0.3) is 5.91 Å². The molecule has 1 unspecified atom stereocenters. The SMILES string of the molecule is C=C/C=C\C1=C(C)N(Cc2ccc3c(c2)CN(C2CCC(=O)NC2=O)C3=O)CC1. The van der Waals surface area contributed by atoms with Crippen LogP contribution in [-0.4, -0.2) is 40.1 Å². The third-order valence-corrected chi connectivity index (χ3v) is 5.98. The summed E-state index contributed by atoms with van der Waals surface area (Å²) in [6.07, 6.45) is 7.53. The van der Waals surface area contributed by atoms with E-state index in [0.29, 0.717) is 18.5 Å². The maximum Gasteiger partial charge on any atom is 0.255 e. The van der Waals surface area contributed by atoms with E-state index in [4.69, 9.17) is 0 Å². The van der Waals surface area contributed by atoms with Crippen LogP contribution in [0.5, 0.6) is 0 Å². The maximum atomic E-state index is 12.8. The molecule has 1 saturated heterocycles. The van der Waals surface area contributed by atoms with E-state index < -0.39 is 6.04 Å². The van der Waals surface area contributed by atoms with Gasteiger partial charge in [-0.05, 0) is 42.5 Å². The van der Waals surface area contributed by atoms with Crippen molar-refractivity contribution in [3.05, 3.63) is 71.0 Å². The summed E-state index contributed by atoms with van der Waals surface area (Å²) in [5.74, 6) is -0.773. The normalized spacial score (nSPS) is 22.0. The molecule has 4 rings (SSSR count). The summed E-state index contributed by atoms with van der Waals surface area (Å²) in [7, 11) is 0. The molecule has 3 aliphatic heterocycles. The van der Waals surface area contributed by atoms with E-state index >= 15 is 0 Å². The van der Waals surface area contributed by atoms with Crippen molar-refractivity contribution >= 4 is 17.7 Å². The van der Waals surface area contributed by atoms with E-state index in [2.05, 4.69) is 35.9 Å². The van der Waals surface area contributed by atoms with Gasteiger partial charge in [0.05, 0.1) is 0 Å². The summed E-state index contributed by atoms with van der Waals surface area (Å²) in [5.41, 5.74) is 5.34. The molecule has 0 spiro atoms. The minimum Gasteiger partial charge on any atom is -0.370 e. The van der Waals surface area contributed by atoms with Crippen molar-refractivity contribution in [1.29, 1.82) is 0 Å². The van der Waals surface area contributed by atoms with Gasteiger partial charge >= 0.3 is 0 Å². The van der Waals surface area contributed by atoms with Crippen LogP contribution in [-0.2, 0) is 22.7 Å². The lowest BCUT2D eigenvalue weighted by atomic mass is 10.0. The number of carbonyl (C=O) groups is 3. The number of nitrogens with one attached hydrogen (secondary N) is 1. The highest BCUT2D eigenvalue weighted by Crippen LogP contribution is 2.30. The molecule has 3 aliphatic rings. The largest absolute Gasteiger partial charge is 0.370 e. The summed E-state index contributed by atoms with van der Waals surface area (Å²) < 4.78 is 0. The van der Waals surface area contributed by atoms with Gasteiger partial charge in [-0.15, -0.1) is 0 Å². The van der Waals surface area contributed by atoms with Crippen LogP contribution in [0.1, 0.15) is 47.7 Å². The molecular weight excluding hydrogens is 366 g/mol. The number of benzene rings is 1. The van der Waals surface area contributed by atoms with E-state index in [-0.39, 0.29) is 24.1 Å². The number of amides is 3. The fraction of sp³-hybridized carbons (Fsp3) is 0.348. The molecule has 0 saturated carbocycles. The van der Waals surface area contributed by atoms with Crippen molar-refractivity contribution in [2.45, 2.75) is 45.3 Å². The Hall–Kier alpha value is -3.15. The highest BCUT2D eigenvalue weighted by molar-refractivity contribution is 6.05. The minimum atomic E-state index is -0.570. The molecule has 6 heteroatoms. The molecule has 1 aromatic carbocycles. The zero-order valence-electron chi connectivity index (χ0n) is 16.6. The summed E-state index contributed by atoms with van der Waals surface area (Å²) in [5, 5.41) is 2.34. The summed E-state index contributed by atoms with van der Waals surface area (Å²) >= 11 is 0. The Kier molecular flexibility index (Phi) is 5.09. The van der Waals surface area contributed by atoms with Crippen molar-refractivity contribution in [3.8, 4) is 0 Å². The first-order valence-electron chi connectivity index (χ1n) is 9.98. The lowest BCUT2D eigenvalue weighted by Gasteiger charge is -2.29. The van der Waals surface area contributed by atoms with Gasteiger partial charge < -0.3 is 9.80 Å². The average Bonchev–Trinajstić information content (AvgIpc) is 3.20. The standard InChI is InChI=1S/C23H25N3O3/c1-3-4-5-17-10-11-25(15(17)2)13-16-6-7-19-18(12-16)14-26(23(19)29)20-8-9-21(27)24-22(20)28/h3-7,12,20H,1,8-11,13-14H2,2H3,(H,24,27,28)/b5-4-. The van der Waals surface area contributed by atoms with Gasteiger partial charge in [0.2, 0.25) is 11.8 Å². The minimum absolute atomic E-state index is 0.129. The number of hydrogen-bond donors (Lipinski definition) is 1. The zero-order chi connectivity index (χ0) is 20.5. The molecule has 1 N–H and O–H groups in total. The van der Waals surface area contributed by atoms with Crippen LogP contribution in [0.2, 0.25) is 0 Å². The quantitative estimate of drug-likeness (QED) is 0.619. The Bertz CT molecular complexity index is 960. The van der Waals surface area contributed by atoms with Crippen LogP contribution >= 0.6 is 0 Å². The number of carbonyl (C=O) groups excluding carboxylic acids is 3. The van der Waals surface area contributed by atoms with Crippen LogP contribution in [0, 0.1) is 0 Å². The van der Waals surface area contributed by atoms with Crippen LogP contribution in [0.15, 0.2) is 54.3 Å². The predicted molar refractivity (Wildman–Crippen MR) is 110 cm³/mol. The third kappa shape index (κ3) is 3.62. The molecule has 1 fully saturated rings. The molecule has 29 heavy (non-hydrogen) atoms. The Morgan fingerprint density at radius 2 is 2.07 bits per heavy atom. The summed E-state index contributed by atoms with van der Waals surface area (Å²) in [4.78, 5) is 40.3. The van der Waals surface area contributed by atoms with Crippen LogP contribution < -0.4 is 5.32 Å². The molecule has 6 nitrogen and oxygen atoms in total. The number of fused-ring (bicyclic) bond motifs is 1. The Labute approximate surface area is 170 Å². The van der Waals surface area contributed by atoms with Crippen molar-refractivity contribution in [1.82, 2.24) is 15.1 Å². The Morgan fingerprint density at radius 1 is 1.24 bits per heavy atom. The molecule has 0 radical (unpaired) electrons. The van der Waals surface area contributed by atoms with E-state index in [0.717, 1.165) is 30.6 Å². The number of hydrogen-bond acceptors (Lipinski definition) is 4. The smallest absolute Gasteiger partial charge is 0.255 e. The lowest BCUT2D eigenvalue weighted by molar-refractivity contribution is -0.136. The molecule has 0 bridgehead atoms. The number of rotatable bonds is 5. The third-order valence-electron chi connectivity index (χ3n) is 5.98. The summed E-state index contributed by atoms with van der Waals surface area (Å²) in [6, 6.07) is 5.37. The fourth-order valence-electron chi connectivity index (χ4n) is 4.34. The van der Waals surface area contributed by atoms with E-state index in [1.807, 2.05) is 18.2 Å². The molecule has 3 amide bonds. The second-order valence-electron chi connectivity index (χ2n) is 7.77. The molecule has 1 atom stereocenters. The van der Waals surface area contributed by atoms with Crippen LogP contribution in [0.25, 0.3) is 0 Å². The highest BCUT2D eigenvalue weighted by atomic mass is 16.2. The Balaban J connectivity index is 1.49. The van der Waals surface area contributed by atoms with E-state index in [1.54, 1.807) is 11.0 Å². The number of nitrogens with zero attached hydrogens (tertiary/aromatic N) is 2. The molecule has 0 aliphatic carbocycles. The van der Waals surface area contributed by atoms with E-state index in [9.17, 15) is 14.4 Å². The molecule has 3 heterocycles. The average molecular weight is 391 g/mol. The molecule has 1 aromatic rings. The van der Waals surface area contributed by atoms with Crippen molar-refractivity contribution in [2.75, 3.05) is 6.54 Å². The fourth-order valence-corrected chi connectivity index (χ4v) is 4.34. The van der Waals surface area contributed by atoms with Gasteiger partial charge in [-0.1, -0.05) is 36.9 Å². The predicted octanol–water partition coefficient (Wildman–Crippen LogP) is 2.67. The van der Waals surface area contributed by atoms with Gasteiger partial charge in [0.15, 0.2) is 0 Å². The number of piperidine rings is 1. The first-order chi connectivity index (χ1) is 14.0. The zero-order valence-corrected chi connectivity index (χ0v) is 16.6. The van der Waals surface area contributed by atoms with Gasteiger partial charge in [0.1, 0.15) is 6.04 Å². The van der Waals surface area contributed by atoms with Crippen molar-refractivity contribution < 1.29 is 14.4 Å². The second kappa shape index (κ2) is 7.70. The number of allylic oxidation sites excluding steroid dienone is 4. The van der Waals surface area contributed by atoms with Crippen molar-refractivity contribution in [2.24, 2.45) is 0 Å².